The molecule has 12 heteroatoms. The van der Waals surface area contributed by atoms with Gasteiger partial charge in [-0.3, -0.25) is 20.2 Å². The number of halogens is 2. The third-order valence-electron chi connectivity index (χ3n) is 6.22. The second-order valence-corrected chi connectivity index (χ2v) is 9.57. The van der Waals surface area contributed by atoms with Crippen LogP contribution < -0.4 is 9.47 Å². The number of nitro groups is 2. The summed E-state index contributed by atoms with van der Waals surface area (Å²) in [5.74, 6) is -1.04. The van der Waals surface area contributed by atoms with E-state index in [2.05, 4.69) is 0 Å². The molecule has 0 aromatic heterocycles. The fourth-order valence-electron chi connectivity index (χ4n) is 4.51. The van der Waals surface area contributed by atoms with Crippen LogP contribution in [-0.2, 0) is 9.47 Å². The minimum Gasteiger partial charge on any atom is -0.478 e. The molecule has 180 valence electrons. The zero-order chi connectivity index (χ0) is 24.7. The Morgan fingerprint density at radius 3 is 1.41 bits per heavy atom. The van der Waals surface area contributed by atoms with Crippen LogP contribution in [0, 0.1) is 31.9 Å². The van der Waals surface area contributed by atoms with Crippen molar-refractivity contribution in [3.8, 4) is 11.5 Å². The van der Waals surface area contributed by atoms with Crippen LogP contribution in [0.4, 0.5) is 20.2 Å². The van der Waals surface area contributed by atoms with Gasteiger partial charge in [0.05, 0.1) is 22.0 Å². The molecule has 0 aliphatic carbocycles. The third-order valence-corrected chi connectivity index (χ3v) is 6.22. The van der Waals surface area contributed by atoms with E-state index in [0.29, 0.717) is 11.1 Å². The predicted octanol–water partition coefficient (Wildman–Crippen LogP) is 4.69. The molecule has 2 aromatic carbocycles. The van der Waals surface area contributed by atoms with E-state index in [0.717, 1.165) is 12.1 Å². The molecule has 6 rings (SSSR count). The molecule has 2 saturated heterocycles. The molecule has 2 fully saturated rings. The first-order valence-corrected chi connectivity index (χ1v) is 10.4. The smallest absolute Gasteiger partial charge is 0.314 e. The standard InChI is InChI=1S/2C11H10FNO4/c2*1-11(2)10-9(16-10)6-3-5(12)4-7(13(14)15)8(6)17-11/h2*3-4,9-10H,1-2H3/t9-,10-;/m1./s1. The molecule has 4 atom stereocenters. The van der Waals surface area contributed by atoms with Gasteiger partial charge in [0.1, 0.15) is 47.3 Å². The second-order valence-electron chi connectivity index (χ2n) is 9.57. The first kappa shape index (κ1) is 22.4. The van der Waals surface area contributed by atoms with Crippen LogP contribution in [-0.4, -0.2) is 33.3 Å². The molecule has 2 aromatic rings. The average molecular weight is 478 g/mol. The SMILES string of the molecule is CC1(C)Oc2c(cc(F)cc2[N+](=O)[O-])C2OC21.CC1(C)Oc2c(cc(F)cc2[N+](=O)[O-])[C@H]2O[C@H]21. The maximum absolute atomic E-state index is 13.3. The van der Waals surface area contributed by atoms with E-state index in [-0.39, 0.29) is 47.3 Å². The van der Waals surface area contributed by atoms with Gasteiger partial charge in [-0.2, -0.15) is 0 Å². The van der Waals surface area contributed by atoms with Crippen molar-refractivity contribution in [2.45, 2.75) is 63.3 Å². The van der Waals surface area contributed by atoms with Gasteiger partial charge in [0.2, 0.25) is 11.5 Å². The highest BCUT2D eigenvalue weighted by Crippen LogP contribution is 2.57. The summed E-state index contributed by atoms with van der Waals surface area (Å²) in [5, 5.41) is 21.7. The van der Waals surface area contributed by atoms with Gasteiger partial charge in [0, 0.05) is 11.1 Å². The van der Waals surface area contributed by atoms with Gasteiger partial charge in [0.15, 0.2) is 0 Å². The van der Waals surface area contributed by atoms with E-state index < -0.39 is 32.7 Å². The maximum atomic E-state index is 13.3. The van der Waals surface area contributed by atoms with E-state index in [9.17, 15) is 29.0 Å². The summed E-state index contributed by atoms with van der Waals surface area (Å²) in [6.45, 7) is 7.20. The minimum atomic E-state index is -0.645. The summed E-state index contributed by atoms with van der Waals surface area (Å²) in [6, 6.07) is 4.22. The Labute approximate surface area is 191 Å². The molecule has 10 nitrogen and oxygen atoms in total. The molecule has 0 saturated carbocycles. The number of hydrogen-bond acceptors (Lipinski definition) is 8. The summed E-state index contributed by atoms with van der Waals surface area (Å²) in [6.07, 6.45) is -0.890. The molecule has 0 N–H and O–H groups in total. The van der Waals surface area contributed by atoms with Crippen molar-refractivity contribution in [3.05, 3.63) is 67.3 Å². The van der Waals surface area contributed by atoms with E-state index in [1.54, 1.807) is 27.7 Å². The lowest BCUT2D eigenvalue weighted by molar-refractivity contribution is -0.386. The Kier molecular flexibility index (Phi) is 4.65. The Morgan fingerprint density at radius 1 is 0.735 bits per heavy atom. The number of benzene rings is 2. The van der Waals surface area contributed by atoms with E-state index in [1.165, 1.54) is 12.1 Å². The fourth-order valence-corrected chi connectivity index (χ4v) is 4.51. The Bertz CT molecular complexity index is 1150. The van der Waals surface area contributed by atoms with Gasteiger partial charge in [-0.25, -0.2) is 8.78 Å². The van der Waals surface area contributed by atoms with Crippen LogP contribution >= 0.6 is 0 Å². The Hall–Kier alpha value is -3.38. The lowest BCUT2D eigenvalue weighted by Crippen LogP contribution is -2.38. The monoisotopic (exact) mass is 478 g/mol. The topological polar surface area (TPSA) is 130 Å². The minimum absolute atomic E-state index is 0.125. The highest BCUT2D eigenvalue weighted by atomic mass is 19.1. The summed E-state index contributed by atoms with van der Waals surface area (Å²) >= 11 is 0. The van der Waals surface area contributed by atoms with Crippen LogP contribution in [0.25, 0.3) is 0 Å². The first-order valence-electron chi connectivity index (χ1n) is 10.4. The van der Waals surface area contributed by atoms with Gasteiger partial charge in [-0.1, -0.05) is 0 Å². The molecule has 4 aliphatic rings. The lowest BCUT2D eigenvalue weighted by Gasteiger charge is -2.29. The summed E-state index contributed by atoms with van der Waals surface area (Å²) in [7, 11) is 0. The van der Waals surface area contributed by atoms with Crippen molar-refractivity contribution in [1.82, 2.24) is 0 Å². The van der Waals surface area contributed by atoms with Crippen molar-refractivity contribution < 1.29 is 37.6 Å². The van der Waals surface area contributed by atoms with Crippen LogP contribution in [0.3, 0.4) is 0 Å². The summed E-state index contributed by atoms with van der Waals surface area (Å²) in [5.41, 5.74) is -1.08. The molecule has 0 spiro atoms. The number of nitrogens with zero attached hydrogens (tertiary/aromatic N) is 2. The number of rotatable bonds is 2. The molecular formula is C22H20F2N2O8. The normalized spacial score (nSPS) is 27.7. The maximum Gasteiger partial charge on any atom is 0.314 e. The predicted molar refractivity (Wildman–Crippen MR) is 111 cm³/mol. The molecule has 0 amide bonds. The number of fused-ring (bicyclic) bond motifs is 6. The Balaban J connectivity index is 0.000000142. The van der Waals surface area contributed by atoms with Crippen molar-refractivity contribution in [2.75, 3.05) is 0 Å². The van der Waals surface area contributed by atoms with E-state index >= 15 is 0 Å². The average Bonchev–Trinajstić information content (AvgIpc) is 3.61. The van der Waals surface area contributed by atoms with E-state index in [1.807, 2.05) is 0 Å². The van der Waals surface area contributed by atoms with Crippen molar-refractivity contribution in [3.63, 3.8) is 0 Å². The van der Waals surface area contributed by atoms with Gasteiger partial charge in [0.25, 0.3) is 0 Å². The molecule has 4 aliphatic heterocycles. The van der Waals surface area contributed by atoms with Crippen molar-refractivity contribution in [1.29, 1.82) is 0 Å². The Morgan fingerprint density at radius 2 is 1.09 bits per heavy atom. The molecule has 0 radical (unpaired) electrons. The van der Waals surface area contributed by atoms with Crippen molar-refractivity contribution in [2.24, 2.45) is 0 Å². The van der Waals surface area contributed by atoms with Gasteiger partial charge in [-0.15, -0.1) is 0 Å². The zero-order valence-corrected chi connectivity index (χ0v) is 18.5. The van der Waals surface area contributed by atoms with Gasteiger partial charge >= 0.3 is 11.4 Å². The summed E-state index contributed by atoms with van der Waals surface area (Å²) < 4.78 is 48.5. The number of ether oxygens (including phenoxy) is 4. The largest absolute Gasteiger partial charge is 0.478 e. The first-order chi connectivity index (χ1) is 15.8. The summed E-state index contributed by atoms with van der Waals surface area (Å²) in [4.78, 5) is 20.5. The number of epoxide rings is 2. The molecule has 4 heterocycles. The van der Waals surface area contributed by atoms with Gasteiger partial charge < -0.3 is 18.9 Å². The molecule has 2 unspecified atom stereocenters. The van der Waals surface area contributed by atoms with Crippen LogP contribution in [0.5, 0.6) is 11.5 Å². The van der Waals surface area contributed by atoms with Gasteiger partial charge in [-0.05, 0) is 39.8 Å². The van der Waals surface area contributed by atoms with Crippen LogP contribution in [0.1, 0.15) is 51.0 Å². The molecule has 34 heavy (non-hydrogen) atoms. The zero-order valence-electron chi connectivity index (χ0n) is 18.5. The lowest BCUT2D eigenvalue weighted by atomic mass is 9.94. The van der Waals surface area contributed by atoms with Crippen LogP contribution in [0.15, 0.2) is 24.3 Å². The molecule has 0 bridgehead atoms. The highest BCUT2D eigenvalue weighted by Gasteiger charge is 2.59. The van der Waals surface area contributed by atoms with E-state index in [4.69, 9.17) is 18.9 Å². The number of hydrogen-bond donors (Lipinski definition) is 0. The highest BCUT2D eigenvalue weighted by molar-refractivity contribution is 5.57. The third kappa shape index (κ3) is 3.53. The fraction of sp³-hybridized carbons (Fsp3) is 0.455. The second kappa shape index (κ2) is 7.06. The quantitative estimate of drug-likeness (QED) is 0.345. The van der Waals surface area contributed by atoms with Crippen molar-refractivity contribution >= 4 is 11.4 Å². The number of nitro benzene ring substituents is 2. The molecular weight excluding hydrogens is 458 g/mol. The van der Waals surface area contributed by atoms with Crippen LogP contribution in [0.2, 0.25) is 0 Å².